The molecule has 2 amide bonds. The molecular weight excluding hydrogens is 406 g/mol. The second-order valence-electron chi connectivity index (χ2n) is 10.6. The summed E-state index contributed by atoms with van der Waals surface area (Å²) in [7, 11) is 0. The number of hydrogen-bond donors (Lipinski definition) is 2. The first-order valence-corrected chi connectivity index (χ1v) is 13.2. The molecule has 2 aliphatic heterocycles. The van der Waals surface area contributed by atoms with Crippen molar-refractivity contribution in [3.05, 3.63) is 23.8 Å². The van der Waals surface area contributed by atoms with Gasteiger partial charge in [-0.05, 0) is 93.7 Å². The van der Waals surface area contributed by atoms with E-state index in [-0.39, 0.29) is 17.9 Å². The number of hydrogen-bond acceptors (Lipinski definition) is 4. The highest BCUT2D eigenvalue weighted by atomic mass is 32.2. The highest BCUT2D eigenvalue weighted by molar-refractivity contribution is 8.00. The second-order valence-corrected chi connectivity index (χ2v) is 12.2. The van der Waals surface area contributed by atoms with Crippen molar-refractivity contribution in [2.75, 3.05) is 29.1 Å². The molecule has 1 aromatic carbocycles. The Morgan fingerprint density at radius 3 is 2.61 bits per heavy atom. The monoisotopic (exact) mass is 439 g/mol. The van der Waals surface area contributed by atoms with Crippen LogP contribution >= 0.6 is 11.8 Å². The van der Waals surface area contributed by atoms with Crippen LogP contribution in [-0.2, 0) is 4.79 Å². The molecule has 2 N–H and O–H groups in total. The number of anilines is 2. The Morgan fingerprint density at radius 2 is 1.87 bits per heavy atom. The standard InChI is InChI=1S/C25H33N3O2S/c29-23(26-6-8-31-25-13-16-9-17(14-25)11-18(10-16)15-25)19-4-5-21-20(12-19)27-24(30)22-3-1-2-7-28(21)22/h4-5,12,16-18,22H,1-3,6-11,13-15H2,(H,26,29)(H,27,30). The highest BCUT2D eigenvalue weighted by Gasteiger charge is 2.50. The summed E-state index contributed by atoms with van der Waals surface area (Å²) < 4.78 is 0.501. The van der Waals surface area contributed by atoms with E-state index >= 15 is 0 Å². The van der Waals surface area contributed by atoms with E-state index < -0.39 is 0 Å². The quantitative estimate of drug-likeness (QED) is 0.667. The maximum Gasteiger partial charge on any atom is 0.251 e. The molecule has 2 heterocycles. The van der Waals surface area contributed by atoms with Gasteiger partial charge in [-0.25, -0.2) is 0 Å². The van der Waals surface area contributed by atoms with Gasteiger partial charge in [0, 0.05) is 29.2 Å². The van der Waals surface area contributed by atoms with Crippen LogP contribution in [0.5, 0.6) is 0 Å². The normalized spacial score (nSPS) is 35.4. The third-order valence-electron chi connectivity index (χ3n) is 8.41. The number of thioether (sulfide) groups is 1. The molecule has 1 aromatic rings. The van der Waals surface area contributed by atoms with Crippen LogP contribution in [0.4, 0.5) is 11.4 Å². The molecule has 1 atom stereocenters. The number of fused-ring (bicyclic) bond motifs is 3. The molecule has 6 heteroatoms. The van der Waals surface area contributed by atoms with Gasteiger partial charge in [0.05, 0.1) is 11.4 Å². The Bertz CT molecular complexity index is 865. The van der Waals surface area contributed by atoms with Crippen molar-refractivity contribution in [1.29, 1.82) is 0 Å². The maximum absolute atomic E-state index is 12.8. The number of carbonyl (C=O) groups is 2. The van der Waals surface area contributed by atoms with Crippen LogP contribution in [0.2, 0.25) is 0 Å². The minimum Gasteiger partial charge on any atom is -0.358 e. The van der Waals surface area contributed by atoms with E-state index in [9.17, 15) is 9.59 Å². The average Bonchev–Trinajstić information content (AvgIpc) is 2.75. The van der Waals surface area contributed by atoms with E-state index in [0.717, 1.165) is 60.7 Å². The van der Waals surface area contributed by atoms with Crippen LogP contribution < -0.4 is 15.5 Å². The highest BCUT2D eigenvalue weighted by Crippen LogP contribution is 2.60. The molecule has 1 unspecified atom stereocenters. The van der Waals surface area contributed by atoms with Gasteiger partial charge in [0.2, 0.25) is 5.91 Å². The van der Waals surface area contributed by atoms with Gasteiger partial charge in [-0.15, -0.1) is 0 Å². The Labute approximate surface area is 189 Å². The van der Waals surface area contributed by atoms with Gasteiger partial charge in [-0.3, -0.25) is 9.59 Å². The van der Waals surface area contributed by atoms with Crippen molar-refractivity contribution in [2.24, 2.45) is 17.8 Å². The molecule has 31 heavy (non-hydrogen) atoms. The topological polar surface area (TPSA) is 61.4 Å². The lowest BCUT2D eigenvalue weighted by Crippen LogP contribution is -2.50. The number of piperidine rings is 1. The Balaban J connectivity index is 1.06. The van der Waals surface area contributed by atoms with Gasteiger partial charge < -0.3 is 15.5 Å². The fraction of sp³-hybridized carbons (Fsp3) is 0.680. The van der Waals surface area contributed by atoms with Crippen LogP contribution in [0.1, 0.15) is 68.1 Å². The average molecular weight is 440 g/mol. The largest absolute Gasteiger partial charge is 0.358 e. The number of amides is 2. The number of nitrogens with zero attached hydrogens (tertiary/aromatic N) is 1. The first-order valence-electron chi connectivity index (χ1n) is 12.2. The molecular formula is C25H33N3O2S. The zero-order chi connectivity index (χ0) is 21.0. The minimum atomic E-state index is -0.0532. The van der Waals surface area contributed by atoms with Gasteiger partial charge in [0.25, 0.3) is 5.91 Å². The fourth-order valence-corrected chi connectivity index (χ4v) is 9.18. The molecule has 1 saturated heterocycles. The van der Waals surface area contributed by atoms with E-state index in [1.807, 2.05) is 18.2 Å². The van der Waals surface area contributed by atoms with Crippen LogP contribution in [0.25, 0.3) is 0 Å². The lowest BCUT2D eigenvalue weighted by molar-refractivity contribution is -0.118. The van der Waals surface area contributed by atoms with Crippen molar-refractivity contribution in [1.82, 2.24) is 5.32 Å². The molecule has 0 spiro atoms. The number of carbonyl (C=O) groups excluding carboxylic acids is 2. The predicted molar refractivity (Wildman–Crippen MR) is 126 cm³/mol. The lowest BCUT2D eigenvalue weighted by atomic mass is 9.56. The first kappa shape index (κ1) is 20.0. The molecule has 166 valence electrons. The molecule has 0 radical (unpaired) electrons. The summed E-state index contributed by atoms with van der Waals surface area (Å²) in [5.41, 5.74) is 2.46. The molecule has 5 nitrogen and oxygen atoms in total. The maximum atomic E-state index is 12.8. The molecule has 4 aliphatic carbocycles. The van der Waals surface area contributed by atoms with Crippen molar-refractivity contribution < 1.29 is 9.59 Å². The predicted octanol–water partition coefficient (Wildman–Crippen LogP) is 4.43. The summed E-state index contributed by atoms with van der Waals surface area (Å²) in [6.45, 7) is 1.63. The molecule has 6 aliphatic rings. The summed E-state index contributed by atoms with van der Waals surface area (Å²) in [6.07, 6.45) is 11.8. The van der Waals surface area contributed by atoms with Gasteiger partial charge >= 0.3 is 0 Å². The minimum absolute atomic E-state index is 0.0380. The smallest absolute Gasteiger partial charge is 0.251 e. The molecule has 0 aromatic heterocycles. The SMILES string of the molecule is O=C(NCCSC12CC3CC(CC(C3)C1)C2)c1ccc2c(c1)NC(=O)C1CCCCN21. The zero-order valence-electron chi connectivity index (χ0n) is 18.2. The third-order valence-corrected chi connectivity index (χ3v) is 9.93. The van der Waals surface area contributed by atoms with Crippen LogP contribution in [0, 0.1) is 17.8 Å². The van der Waals surface area contributed by atoms with Crippen molar-refractivity contribution in [2.45, 2.75) is 68.6 Å². The van der Waals surface area contributed by atoms with Gasteiger partial charge in [0.1, 0.15) is 6.04 Å². The van der Waals surface area contributed by atoms with E-state index in [1.165, 1.54) is 38.5 Å². The second kappa shape index (κ2) is 7.72. The molecule has 4 saturated carbocycles. The van der Waals surface area contributed by atoms with E-state index in [1.54, 1.807) is 0 Å². The third kappa shape index (κ3) is 3.65. The first-order chi connectivity index (χ1) is 15.1. The summed E-state index contributed by atoms with van der Waals surface area (Å²) in [5, 5.41) is 6.15. The van der Waals surface area contributed by atoms with Gasteiger partial charge in [-0.2, -0.15) is 11.8 Å². The molecule has 4 bridgehead atoms. The molecule has 5 fully saturated rings. The van der Waals surface area contributed by atoms with Crippen molar-refractivity contribution >= 4 is 35.0 Å². The van der Waals surface area contributed by atoms with Crippen LogP contribution in [0.15, 0.2) is 18.2 Å². The van der Waals surface area contributed by atoms with E-state index in [2.05, 4.69) is 27.3 Å². The van der Waals surface area contributed by atoms with Crippen molar-refractivity contribution in [3.63, 3.8) is 0 Å². The van der Waals surface area contributed by atoms with Crippen molar-refractivity contribution in [3.8, 4) is 0 Å². The lowest BCUT2D eigenvalue weighted by Gasteiger charge is -2.56. The number of nitrogens with one attached hydrogen (secondary N) is 2. The van der Waals surface area contributed by atoms with Gasteiger partial charge in [-0.1, -0.05) is 0 Å². The summed E-state index contributed by atoms with van der Waals surface area (Å²) in [6, 6.07) is 5.71. The Morgan fingerprint density at radius 1 is 1.13 bits per heavy atom. The van der Waals surface area contributed by atoms with Crippen LogP contribution in [0.3, 0.4) is 0 Å². The van der Waals surface area contributed by atoms with E-state index in [0.29, 0.717) is 16.9 Å². The number of rotatable bonds is 5. The van der Waals surface area contributed by atoms with Gasteiger partial charge in [0.15, 0.2) is 0 Å². The molecule has 7 rings (SSSR count). The van der Waals surface area contributed by atoms with E-state index in [4.69, 9.17) is 0 Å². The number of benzene rings is 1. The summed E-state index contributed by atoms with van der Waals surface area (Å²) in [5.74, 6) is 3.94. The zero-order valence-corrected chi connectivity index (χ0v) is 19.0. The summed E-state index contributed by atoms with van der Waals surface area (Å²) >= 11 is 2.13. The Hall–Kier alpha value is -1.69. The summed E-state index contributed by atoms with van der Waals surface area (Å²) in [4.78, 5) is 27.5. The Kier molecular flexibility index (Phi) is 4.97. The van der Waals surface area contributed by atoms with Crippen LogP contribution in [-0.4, -0.2) is 41.4 Å². The fourth-order valence-electron chi connectivity index (χ4n) is 7.48.